The van der Waals surface area contributed by atoms with Crippen LogP contribution >= 0.6 is 0 Å². The Bertz CT molecular complexity index is 1000. The number of aromatic nitrogens is 1. The molecule has 0 aliphatic carbocycles. The molecule has 5 heteroatoms. The number of ketones is 1. The molecule has 1 N–H and O–H groups in total. The minimum absolute atomic E-state index is 0. The summed E-state index contributed by atoms with van der Waals surface area (Å²) >= 11 is 0. The SMILES string of the molecule is CC(C)CC(=O)/C=C(\O)CC(C)C.Fc1cc(-c2[c-]cccc2)nc2ccccc12.[Ir]. The van der Waals surface area contributed by atoms with Crippen molar-refractivity contribution in [3.63, 3.8) is 0 Å². The van der Waals surface area contributed by atoms with E-state index >= 15 is 0 Å². The minimum Gasteiger partial charge on any atom is -0.512 e. The molecule has 0 bridgehead atoms. The van der Waals surface area contributed by atoms with Crippen LogP contribution in [-0.4, -0.2) is 15.9 Å². The summed E-state index contributed by atoms with van der Waals surface area (Å²) in [6.45, 7) is 8.00. The van der Waals surface area contributed by atoms with Crippen molar-refractivity contribution in [2.24, 2.45) is 11.8 Å². The predicted molar refractivity (Wildman–Crippen MR) is 121 cm³/mol. The molecule has 0 atom stereocenters. The molecule has 3 rings (SSSR count). The van der Waals surface area contributed by atoms with Gasteiger partial charge in [-0.25, -0.2) is 4.39 Å². The number of aliphatic hydroxyl groups is 1. The van der Waals surface area contributed by atoms with Crippen LogP contribution in [0.4, 0.5) is 4.39 Å². The molecule has 0 amide bonds. The van der Waals surface area contributed by atoms with Crippen LogP contribution in [0.5, 0.6) is 0 Å². The number of fused-ring (bicyclic) bond motifs is 1. The van der Waals surface area contributed by atoms with Crippen molar-refractivity contribution in [1.82, 2.24) is 4.98 Å². The van der Waals surface area contributed by atoms with Crippen LogP contribution in [0, 0.1) is 23.7 Å². The molecule has 1 heterocycles. The van der Waals surface area contributed by atoms with E-state index in [1.165, 1.54) is 12.1 Å². The molecule has 0 spiro atoms. The molecule has 2 aromatic carbocycles. The quantitative estimate of drug-likeness (QED) is 0.190. The zero-order chi connectivity index (χ0) is 22.1. The molecule has 0 fully saturated rings. The molecule has 1 aromatic heterocycles. The Morgan fingerprint density at radius 3 is 2.32 bits per heavy atom. The molecule has 0 unspecified atom stereocenters. The van der Waals surface area contributed by atoms with Crippen LogP contribution in [0.25, 0.3) is 22.2 Å². The van der Waals surface area contributed by atoms with Gasteiger partial charge < -0.3 is 5.11 Å². The molecule has 167 valence electrons. The number of pyridine rings is 1. The Labute approximate surface area is 197 Å². The number of hydrogen-bond acceptors (Lipinski definition) is 3. The zero-order valence-electron chi connectivity index (χ0n) is 18.4. The van der Waals surface area contributed by atoms with E-state index < -0.39 is 0 Å². The normalized spacial score (nSPS) is 11.1. The molecule has 0 saturated heterocycles. The number of nitrogens with zero attached hydrogens (tertiary/aromatic N) is 1. The number of benzene rings is 2. The molecule has 31 heavy (non-hydrogen) atoms. The van der Waals surface area contributed by atoms with Crippen molar-refractivity contribution in [3.05, 3.63) is 78.3 Å². The van der Waals surface area contributed by atoms with E-state index in [9.17, 15) is 14.3 Å². The molecule has 0 aliphatic rings. The molecule has 0 aliphatic heterocycles. The van der Waals surface area contributed by atoms with Crippen molar-refractivity contribution in [1.29, 1.82) is 0 Å². The Morgan fingerprint density at radius 1 is 1.06 bits per heavy atom. The summed E-state index contributed by atoms with van der Waals surface area (Å²) in [6, 6.07) is 19.1. The summed E-state index contributed by atoms with van der Waals surface area (Å²) in [6.07, 6.45) is 2.46. The molecule has 3 aromatic rings. The second-order valence-corrected chi connectivity index (χ2v) is 8.08. The van der Waals surface area contributed by atoms with Gasteiger partial charge in [0.25, 0.3) is 0 Å². The number of aliphatic hydroxyl groups excluding tert-OH is 1. The minimum atomic E-state index is -0.247. The first kappa shape index (κ1) is 26.7. The monoisotopic (exact) mass is 599 g/mol. The summed E-state index contributed by atoms with van der Waals surface area (Å²) in [5.41, 5.74) is 2.08. The Balaban J connectivity index is 0.000000314. The Kier molecular flexibility index (Phi) is 11.3. The first-order valence-electron chi connectivity index (χ1n) is 10.2. The van der Waals surface area contributed by atoms with E-state index in [0.29, 0.717) is 41.3 Å². The standard InChI is InChI=1S/C15H9FN.C11H20O2.Ir/c16-13-10-15(11-6-2-1-3-7-11)17-14-9-5-4-8-12(13)14;1-8(2)5-10(12)7-11(13)6-9(3)4;/h1-6,8-10H;7-9,12H,5-6H2,1-4H3;/q-1;;/b;10-7-;. The average molecular weight is 599 g/mol. The third kappa shape index (κ3) is 9.12. The van der Waals surface area contributed by atoms with Gasteiger partial charge in [0.2, 0.25) is 0 Å². The van der Waals surface area contributed by atoms with Crippen molar-refractivity contribution >= 4 is 16.7 Å². The molecule has 0 saturated carbocycles. The van der Waals surface area contributed by atoms with Gasteiger partial charge in [-0.1, -0.05) is 39.8 Å². The van der Waals surface area contributed by atoms with Gasteiger partial charge in [0.05, 0.1) is 11.3 Å². The van der Waals surface area contributed by atoms with Crippen LogP contribution in [0.15, 0.2) is 66.4 Å². The summed E-state index contributed by atoms with van der Waals surface area (Å²) < 4.78 is 13.9. The fourth-order valence-electron chi connectivity index (χ4n) is 2.95. The third-order valence-corrected chi connectivity index (χ3v) is 4.21. The molecular formula is C26H29FIrNO2-. The topological polar surface area (TPSA) is 50.2 Å². The Morgan fingerprint density at radius 2 is 1.71 bits per heavy atom. The molecule has 3 nitrogen and oxygen atoms in total. The van der Waals surface area contributed by atoms with E-state index in [0.717, 1.165) is 5.56 Å². The number of para-hydroxylation sites is 1. The van der Waals surface area contributed by atoms with Gasteiger partial charge in [0.15, 0.2) is 5.78 Å². The largest absolute Gasteiger partial charge is 0.512 e. The average Bonchev–Trinajstić information content (AvgIpc) is 2.67. The maximum atomic E-state index is 13.9. The van der Waals surface area contributed by atoms with Gasteiger partial charge in [-0.05, 0) is 35.7 Å². The summed E-state index contributed by atoms with van der Waals surface area (Å²) in [7, 11) is 0. The van der Waals surface area contributed by atoms with E-state index in [1.54, 1.807) is 18.2 Å². The van der Waals surface area contributed by atoms with Crippen molar-refractivity contribution in [2.75, 3.05) is 0 Å². The maximum absolute atomic E-state index is 13.9. The van der Waals surface area contributed by atoms with E-state index in [4.69, 9.17) is 0 Å². The fourth-order valence-corrected chi connectivity index (χ4v) is 2.95. The van der Waals surface area contributed by atoms with Gasteiger partial charge in [-0.15, -0.1) is 35.9 Å². The van der Waals surface area contributed by atoms with Crippen molar-refractivity contribution in [2.45, 2.75) is 40.5 Å². The van der Waals surface area contributed by atoms with E-state index in [2.05, 4.69) is 11.1 Å². The van der Waals surface area contributed by atoms with Crippen molar-refractivity contribution in [3.8, 4) is 11.3 Å². The number of rotatable bonds is 6. The second kappa shape index (κ2) is 13.1. The number of hydrogen-bond donors (Lipinski definition) is 1. The number of halogens is 1. The Hall–Kier alpha value is -2.36. The number of carbonyl (C=O) groups is 1. The van der Waals surface area contributed by atoms with Crippen LogP contribution in [-0.2, 0) is 24.9 Å². The van der Waals surface area contributed by atoms with Gasteiger partial charge in [0, 0.05) is 44.4 Å². The summed E-state index contributed by atoms with van der Waals surface area (Å²) in [5, 5.41) is 9.89. The maximum Gasteiger partial charge on any atom is 0.159 e. The first-order chi connectivity index (χ1) is 14.3. The van der Waals surface area contributed by atoms with E-state index in [-0.39, 0.29) is 37.5 Å². The zero-order valence-corrected chi connectivity index (χ0v) is 20.8. The third-order valence-electron chi connectivity index (χ3n) is 4.21. The second-order valence-electron chi connectivity index (χ2n) is 8.08. The van der Waals surface area contributed by atoms with E-state index in [1.807, 2.05) is 58.0 Å². The fraction of sp³-hybridized carbons (Fsp3) is 0.308. The molecular weight excluding hydrogens is 570 g/mol. The number of carbonyl (C=O) groups excluding carboxylic acids is 1. The van der Waals surface area contributed by atoms with Gasteiger partial charge in [0.1, 0.15) is 5.82 Å². The van der Waals surface area contributed by atoms with Crippen LogP contribution in [0.1, 0.15) is 40.5 Å². The predicted octanol–water partition coefficient (Wildman–Crippen LogP) is 6.93. The van der Waals surface area contributed by atoms with Gasteiger partial charge >= 0.3 is 0 Å². The summed E-state index contributed by atoms with van der Waals surface area (Å²) in [4.78, 5) is 15.6. The summed E-state index contributed by atoms with van der Waals surface area (Å²) in [5.74, 6) is 0.732. The van der Waals surface area contributed by atoms with Gasteiger partial charge in [-0.2, -0.15) is 0 Å². The molecule has 1 radical (unpaired) electrons. The van der Waals surface area contributed by atoms with Crippen LogP contribution in [0.3, 0.4) is 0 Å². The van der Waals surface area contributed by atoms with Crippen LogP contribution in [0.2, 0.25) is 0 Å². The van der Waals surface area contributed by atoms with Crippen molar-refractivity contribution < 1.29 is 34.4 Å². The number of allylic oxidation sites excluding steroid dienone is 2. The van der Waals surface area contributed by atoms with Crippen LogP contribution < -0.4 is 0 Å². The first-order valence-corrected chi connectivity index (χ1v) is 10.2. The smallest absolute Gasteiger partial charge is 0.159 e. The van der Waals surface area contributed by atoms with Gasteiger partial charge in [-0.3, -0.25) is 9.78 Å².